The van der Waals surface area contributed by atoms with E-state index >= 15 is 0 Å². The summed E-state index contributed by atoms with van der Waals surface area (Å²) in [4.78, 5) is 4.50. The third-order valence-corrected chi connectivity index (χ3v) is 4.05. The van der Waals surface area contributed by atoms with Crippen molar-refractivity contribution in [2.24, 2.45) is 0 Å². The van der Waals surface area contributed by atoms with E-state index in [0.717, 1.165) is 38.3 Å². The quantitative estimate of drug-likeness (QED) is 0.732. The predicted molar refractivity (Wildman–Crippen MR) is 86.8 cm³/mol. The van der Waals surface area contributed by atoms with Crippen LogP contribution in [0.5, 0.6) is 0 Å². The van der Waals surface area contributed by atoms with Crippen LogP contribution in [0.25, 0.3) is 0 Å². The van der Waals surface area contributed by atoms with Crippen molar-refractivity contribution in [1.29, 1.82) is 0 Å². The van der Waals surface area contributed by atoms with E-state index < -0.39 is 6.10 Å². The van der Waals surface area contributed by atoms with Crippen LogP contribution in [0.2, 0.25) is 0 Å². The van der Waals surface area contributed by atoms with Gasteiger partial charge in [0.1, 0.15) is 0 Å². The number of ether oxygens (including phenoxy) is 1. The molecule has 5 heteroatoms. The van der Waals surface area contributed by atoms with Crippen molar-refractivity contribution in [2.45, 2.75) is 19.6 Å². The van der Waals surface area contributed by atoms with Crippen molar-refractivity contribution in [2.75, 3.05) is 52.5 Å². The van der Waals surface area contributed by atoms with Crippen molar-refractivity contribution < 1.29 is 14.9 Å². The smallest absolute Gasteiger partial charge is 0.0900 e. The van der Waals surface area contributed by atoms with Crippen molar-refractivity contribution >= 4 is 0 Å². The van der Waals surface area contributed by atoms with Crippen LogP contribution in [-0.2, 0) is 11.3 Å². The SMILES string of the molecule is Cc1ccc(COC[C@H](O)CN2CCN(CCO)CC2)cc1. The topological polar surface area (TPSA) is 56.2 Å². The van der Waals surface area contributed by atoms with Gasteiger partial charge in [0.05, 0.1) is 25.9 Å². The number of piperazine rings is 1. The second kappa shape index (κ2) is 9.22. The summed E-state index contributed by atoms with van der Waals surface area (Å²) in [6, 6.07) is 8.26. The van der Waals surface area contributed by atoms with Gasteiger partial charge in [0.25, 0.3) is 0 Å². The van der Waals surface area contributed by atoms with Crippen LogP contribution in [-0.4, -0.2) is 78.6 Å². The average molecular weight is 308 g/mol. The molecular formula is C17H28N2O3. The van der Waals surface area contributed by atoms with E-state index in [0.29, 0.717) is 19.8 Å². The van der Waals surface area contributed by atoms with Gasteiger partial charge in [0.2, 0.25) is 0 Å². The Kier molecular flexibility index (Phi) is 7.29. The molecule has 0 saturated carbocycles. The summed E-state index contributed by atoms with van der Waals surface area (Å²) in [5.74, 6) is 0. The zero-order valence-corrected chi connectivity index (χ0v) is 13.4. The van der Waals surface area contributed by atoms with E-state index in [2.05, 4.69) is 41.0 Å². The maximum atomic E-state index is 10.1. The zero-order chi connectivity index (χ0) is 15.8. The summed E-state index contributed by atoms with van der Waals surface area (Å²) in [6.45, 7) is 8.38. The van der Waals surface area contributed by atoms with E-state index in [4.69, 9.17) is 9.84 Å². The molecule has 2 rings (SSSR count). The first-order valence-electron chi connectivity index (χ1n) is 8.04. The minimum atomic E-state index is -0.449. The van der Waals surface area contributed by atoms with Gasteiger partial charge in [-0.25, -0.2) is 0 Å². The third-order valence-electron chi connectivity index (χ3n) is 4.05. The minimum Gasteiger partial charge on any atom is -0.395 e. The van der Waals surface area contributed by atoms with E-state index in [1.165, 1.54) is 5.56 Å². The molecule has 0 aromatic heterocycles. The molecule has 1 atom stereocenters. The molecule has 0 aliphatic carbocycles. The van der Waals surface area contributed by atoms with Gasteiger partial charge < -0.3 is 14.9 Å². The van der Waals surface area contributed by atoms with Gasteiger partial charge in [0, 0.05) is 39.3 Å². The minimum absolute atomic E-state index is 0.218. The Morgan fingerprint density at radius 2 is 1.73 bits per heavy atom. The predicted octanol–water partition coefficient (Wildman–Crippen LogP) is 0.482. The fourth-order valence-corrected chi connectivity index (χ4v) is 2.68. The summed E-state index contributed by atoms with van der Waals surface area (Å²) < 4.78 is 5.60. The number of aliphatic hydroxyl groups is 2. The van der Waals surface area contributed by atoms with E-state index in [1.807, 2.05) is 0 Å². The van der Waals surface area contributed by atoms with E-state index in [1.54, 1.807) is 0 Å². The molecule has 1 aromatic carbocycles. The Bertz CT molecular complexity index is 416. The van der Waals surface area contributed by atoms with Crippen molar-refractivity contribution in [3.8, 4) is 0 Å². The molecule has 0 bridgehead atoms. The van der Waals surface area contributed by atoms with Crippen LogP contribution >= 0.6 is 0 Å². The number of nitrogens with zero attached hydrogens (tertiary/aromatic N) is 2. The van der Waals surface area contributed by atoms with Gasteiger partial charge >= 0.3 is 0 Å². The first kappa shape index (κ1) is 17.4. The van der Waals surface area contributed by atoms with Crippen LogP contribution < -0.4 is 0 Å². The molecule has 0 amide bonds. The van der Waals surface area contributed by atoms with Gasteiger partial charge in [-0.15, -0.1) is 0 Å². The van der Waals surface area contributed by atoms with Crippen LogP contribution in [0.1, 0.15) is 11.1 Å². The number of aryl methyl sites for hydroxylation is 1. The lowest BCUT2D eigenvalue weighted by Crippen LogP contribution is -2.49. The fourth-order valence-electron chi connectivity index (χ4n) is 2.68. The molecule has 0 unspecified atom stereocenters. The van der Waals surface area contributed by atoms with Gasteiger partial charge in [-0.05, 0) is 12.5 Å². The normalized spacial score (nSPS) is 18.5. The van der Waals surface area contributed by atoms with Crippen molar-refractivity contribution in [3.63, 3.8) is 0 Å². The first-order valence-corrected chi connectivity index (χ1v) is 8.04. The second-order valence-electron chi connectivity index (χ2n) is 6.02. The maximum Gasteiger partial charge on any atom is 0.0900 e. The Morgan fingerprint density at radius 1 is 1.09 bits per heavy atom. The van der Waals surface area contributed by atoms with Gasteiger partial charge in [-0.2, -0.15) is 0 Å². The summed E-state index contributed by atoms with van der Waals surface area (Å²) in [5, 5.41) is 19.0. The number of hydrogen-bond donors (Lipinski definition) is 2. The largest absolute Gasteiger partial charge is 0.395 e. The monoisotopic (exact) mass is 308 g/mol. The van der Waals surface area contributed by atoms with Gasteiger partial charge in [0.15, 0.2) is 0 Å². The summed E-state index contributed by atoms with van der Waals surface area (Å²) >= 11 is 0. The molecular weight excluding hydrogens is 280 g/mol. The second-order valence-corrected chi connectivity index (χ2v) is 6.02. The lowest BCUT2D eigenvalue weighted by atomic mass is 10.2. The number of hydrogen-bond acceptors (Lipinski definition) is 5. The van der Waals surface area contributed by atoms with Crippen molar-refractivity contribution in [1.82, 2.24) is 9.80 Å². The van der Waals surface area contributed by atoms with E-state index in [-0.39, 0.29) is 6.61 Å². The molecule has 0 spiro atoms. The lowest BCUT2D eigenvalue weighted by molar-refractivity contribution is 0.000518. The first-order chi connectivity index (χ1) is 10.7. The number of aliphatic hydroxyl groups excluding tert-OH is 2. The zero-order valence-electron chi connectivity index (χ0n) is 13.4. The Balaban J connectivity index is 1.60. The highest BCUT2D eigenvalue weighted by Gasteiger charge is 2.18. The highest BCUT2D eigenvalue weighted by Crippen LogP contribution is 2.06. The summed E-state index contributed by atoms with van der Waals surface area (Å²) in [6.07, 6.45) is -0.449. The molecule has 1 fully saturated rings. The number of benzene rings is 1. The molecule has 1 aromatic rings. The molecule has 0 radical (unpaired) electrons. The molecule has 1 aliphatic rings. The highest BCUT2D eigenvalue weighted by atomic mass is 16.5. The molecule has 22 heavy (non-hydrogen) atoms. The summed E-state index contributed by atoms with van der Waals surface area (Å²) in [5.41, 5.74) is 2.37. The Morgan fingerprint density at radius 3 is 2.36 bits per heavy atom. The molecule has 1 heterocycles. The van der Waals surface area contributed by atoms with Crippen molar-refractivity contribution in [3.05, 3.63) is 35.4 Å². The highest BCUT2D eigenvalue weighted by molar-refractivity contribution is 5.20. The van der Waals surface area contributed by atoms with E-state index in [9.17, 15) is 5.11 Å². The van der Waals surface area contributed by atoms with Crippen LogP contribution in [0.3, 0.4) is 0 Å². The Labute approximate surface area is 133 Å². The van der Waals surface area contributed by atoms with Crippen LogP contribution in [0.15, 0.2) is 24.3 Å². The van der Waals surface area contributed by atoms with Gasteiger partial charge in [-0.1, -0.05) is 29.8 Å². The molecule has 2 N–H and O–H groups in total. The van der Waals surface area contributed by atoms with Crippen LogP contribution in [0, 0.1) is 6.92 Å². The molecule has 1 aliphatic heterocycles. The number of β-amino-alcohol motifs (C(OH)–C–C–N with tert-alkyl or cyclic N) is 2. The lowest BCUT2D eigenvalue weighted by Gasteiger charge is -2.35. The molecule has 1 saturated heterocycles. The standard InChI is InChI=1S/C17H28N2O3/c1-15-2-4-16(5-3-15)13-22-14-17(21)12-19-8-6-18(7-9-19)10-11-20/h2-5,17,20-21H,6-14H2,1H3/t17-/m1/s1. The Hall–Kier alpha value is -0.980. The number of rotatable bonds is 8. The average Bonchev–Trinajstić information content (AvgIpc) is 2.51. The fraction of sp³-hybridized carbons (Fsp3) is 0.647. The third kappa shape index (κ3) is 6.02. The molecule has 124 valence electrons. The maximum absolute atomic E-state index is 10.1. The molecule has 5 nitrogen and oxygen atoms in total. The van der Waals surface area contributed by atoms with Gasteiger partial charge in [-0.3, -0.25) is 9.80 Å². The summed E-state index contributed by atoms with van der Waals surface area (Å²) in [7, 11) is 0. The van der Waals surface area contributed by atoms with Crippen LogP contribution in [0.4, 0.5) is 0 Å².